The molecule has 0 aliphatic carbocycles. The molecule has 0 bridgehead atoms. The van der Waals surface area contributed by atoms with Crippen molar-refractivity contribution in [3.05, 3.63) is 29.8 Å². The molecule has 1 amide bonds. The van der Waals surface area contributed by atoms with Crippen molar-refractivity contribution < 1.29 is 9.53 Å². The summed E-state index contributed by atoms with van der Waals surface area (Å²) in [5.41, 5.74) is 1.03. The highest BCUT2D eigenvalue weighted by molar-refractivity contribution is 5.80. The van der Waals surface area contributed by atoms with Gasteiger partial charge in [0, 0.05) is 26.7 Å². The number of hydrogen-bond donors (Lipinski definition) is 2. The fourth-order valence-corrected chi connectivity index (χ4v) is 1.88. The number of amides is 1. The smallest absolute Gasteiger partial charge is 0.259 e. The molecule has 0 spiro atoms. The zero-order chi connectivity index (χ0) is 18.8. The van der Waals surface area contributed by atoms with Gasteiger partial charge in [-0.1, -0.05) is 26.0 Å². The number of likely N-dealkylation sites (N-methyl/N-ethyl adjacent to an activating group) is 1. The quantitative estimate of drug-likeness (QED) is 0.559. The predicted molar refractivity (Wildman–Crippen MR) is 103 cm³/mol. The minimum atomic E-state index is -0.0651. The molecule has 1 atom stereocenters. The first-order valence-electron chi connectivity index (χ1n) is 8.80. The Morgan fingerprint density at radius 3 is 2.60 bits per heavy atom. The highest BCUT2D eigenvalue weighted by atomic mass is 16.5. The van der Waals surface area contributed by atoms with E-state index < -0.39 is 0 Å². The number of nitrogens with one attached hydrogen (secondary N) is 2. The highest BCUT2D eigenvalue weighted by Crippen LogP contribution is 2.14. The van der Waals surface area contributed by atoms with Gasteiger partial charge in [-0.05, 0) is 37.5 Å². The number of carbonyl (C=O) groups excluding carboxylic acids is 1. The molecule has 1 rings (SSSR count). The first-order chi connectivity index (χ1) is 11.8. The van der Waals surface area contributed by atoms with Crippen LogP contribution in [0, 0.1) is 5.92 Å². The zero-order valence-electron chi connectivity index (χ0n) is 16.3. The van der Waals surface area contributed by atoms with Crippen molar-refractivity contribution in [3.63, 3.8) is 0 Å². The van der Waals surface area contributed by atoms with E-state index >= 15 is 0 Å². The maximum absolute atomic E-state index is 11.6. The van der Waals surface area contributed by atoms with Crippen molar-refractivity contribution in [3.8, 4) is 5.75 Å². The minimum Gasteiger partial charge on any atom is -0.484 e. The fraction of sp³-hybridized carbons (Fsp3) is 0.579. The molecule has 0 aromatic heterocycles. The average Bonchev–Trinajstić information content (AvgIpc) is 2.57. The van der Waals surface area contributed by atoms with Crippen LogP contribution in [0.25, 0.3) is 0 Å². The van der Waals surface area contributed by atoms with E-state index in [1.165, 1.54) is 4.90 Å². The number of benzene rings is 1. The third-order valence-electron chi connectivity index (χ3n) is 3.89. The third kappa shape index (κ3) is 7.92. The van der Waals surface area contributed by atoms with Gasteiger partial charge in [-0.2, -0.15) is 0 Å². The zero-order valence-corrected chi connectivity index (χ0v) is 16.3. The summed E-state index contributed by atoms with van der Waals surface area (Å²) in [5.74, 6) is 1.94. The Morgan fingerprint density at radius 2 is 2.00 bits per heavy atom. The Morgan fingerprint density at radius 1 is 1.28 bits per heavy atom. The van der Waals surface area contributed by atoms with Crippen LogP contribution in [0.5, 0.6) is 5.75 Å². The first-order valence-corrected chi connectivity index (χ1v) is 8.80. The van der Waals surface area contributed by atoms with Crippen LogP contribution < -0.4 is 15.4 Å². The van der Waals surface area contributed by atoms with Crippen LogP contribution in [0.15, 0.2) is 29.3 Å². The molecule has 0 saturated carbocycles. The lowest BCUT2D eigenvalue weighted by molar-refractivity contribution is -0.130. The second kappa shape index (κ2) is 10.6. The van der Waals surface area contributed by atoms with Crippen molar-refractivity contribution in [2.75, 3.05) is 27.2 Å². The van der Waals surface area contributed by atoms with E-state index in [0.29, 0.717) is 24.3 Å². The summed E-state index contributed by atoms with van der Waals surface area (Å²) in [6.45, 7) is 9.94. The molecule has 0 saturated heterocycles. The normalized spacial score (nSPS) is 12.7. The largest absolute Gasteiger partial charge is 0.484 e. The highest BCUT2D eigenvalue weighted by Gasteiger charge is 2.09. The second-order valence-corrected chi connectivity index (χ2v) is 6.60. The molecule has 25 heavy (non-hydrogen) atoms. The number of guanidine groups is 1. The lowest BCUT2D eigenvalue weighted by Gasteiger charge is -2.20. The summed E-state index contributed by atoms with van der Waals surface area (Å²) in [6, 6.07) is 8.02. The SMILES string of the molecule is CCNC(=NCc1cccc(OCC(=O)N(C)C)c1)NC(C)C(C)C. The third-order valence-corrected chi connectivity index (χ3v) is 3.89. The molecule has 0 aliphatic heterocycles. The van der Waals surface area contributed by atoms with E-state index in [0.717, 1.165) is 18.1 Å². The molecular formula is C19H32N4O2. The van der Waals surface area contributed by atoms with Gasteiger partial charge >= 0.3 is 0 Å². The number of rotatable bonds is 8. The van der Waals surface area contributed by atoms with Gasteiger partial charge in [-0.3, -0.25) is 4.79 Å². The molecule has 1 unspecified atom stereocenters. The van der Waals surface area contributed by atoms with E-state index in [1.807, 2.05) is 31.2 Å². The number of hydrogen-bond acceptors (Lipinski definition) is 3. The van der Waals surface area contributed by atoms with E-state index in [-0.39, 0.29) is 12.5 Å². The maximum atomic E-state index is 11.6. The van der Waals surface area contributed by atoms with Crippen LogP contribution in [-0.2, 0) is 11.3 Å². The first kappa shape index (κ1) is 20.8. The minimum absolute atomic E-state index is 0.0375. The maximum Gasteiger partial charge on any atom is 0.259 e. The molecule has 140 valence electrons. The van der Waals surface area contributed by atoms with Crippen molar-refractivity contribution in [2.24, 2.45) is 10.9 Å². The second-order valence-electron chi connectivity index (χ2n) is 6.60. The van der Waals surface area contributed by atoms with Gasteiger partial charge in [0.1, 0.15) is 5.75 Å². The fourth-order valence-electron chi connectivity index (χ4n) is 1.88. The molecule has 2 N–H and O–H groups in total. The van der Waals surface area contributed by atoms with Crippen molar-refractivity contribution >= 4 is 11.9 Å². The Hall–Kier alpha value is -2.24. The van der Waals surface area contributed by atoms with Crippen LogP contribution in [0.4, 0.5) is 0 Å². The summed E-state index contributed by atoms with van der Waals surface area (Å²) in [5, 5.41) is 6.68. The molecule has 6 heteroatoms. The van der Waals surface area contributed by atoms with E-state index in [4.69, 9.17) is 4.74 Å². The van der Waals surface area contributed by atoms with Gasteiger partial charge in [0.2, 0.25) is 0 Å². The standard InChI is InChI=1S/C19H32N4O2/c1-7-20-19(22-15(4)14(2)3)21-12-16-9-8-10-17(11-16)25-13-18(24)23(5)6/h8-11,14-15H,7,12-13H2,1-6H3,(H2,20,21,22). The molecule has 1 aromatic rings. The average molecular weight is 348 g/mol. The van der Waals surface area contributed by atoms with Crippen LogP contribution in [0.1, 0.15) is 33.3 Å². The van der Waals surface area contributed by atoms with Crippen molar-refractivity contribution in [1.82, 2.24) is 15.5 Å². The molecule has 0 aliphatic rings. The summed E-state index contributed by atoms with van der Waals surface area (Å²) in [6.07, 6.45) is 0. The van der Waals surface area contributed by atoms with E-state index in [9.17, 15) is 4.79 Å². The lowest BCUT2D eigenvalue weighted by Crippen LogP contribution is -2.44. The van der Waals surface area contributed by atoms with Crippen LogP contribution in [0.3, 0.4) is 0 Å². The summed E-state index contributed by atoms with van der Waals surface area (Å²) < 4.78 is 5.55. The summed E-state index contributed by atoms with van der Waals surface area (Å²) in [4.78, 5) is 17.8. The number of carbonyl (C=O) groups is 1. The van der Waals surface area contributed by atoms with Crippen molar-refractivity contribution in [2.45, 2.75) is 40.3 Å². The van der Waals surface area contributed by atoms with Crippen molar-refractivity contribution in [1.29, 1.82) is 0 Å². The molecule has 6 nitrogen and oxygen atoms in total. The molecule has 1 aromatic carbocycles. The van der Waals surface area contributed by atoms with E-state index in [1.54, 1.807) is 14.1 Å². The molecule has 0 heterocycles. The lowest BCUT2D eigenvalue weighted by atomic mass is 10.1. The number of ether oxygens (including phenoxy) is 1. The Kier molecular flexibility index (Phi) is 8.81. The summed E-state index contributed by atoms with van der Waals surface area (Å²) in [7, 11) is 3.43. The van der Waals surface area contributed by atoms with Gasteiger partial charge in [-0.15, -0.1) is 0 Å². The Bertz CT molecular complexity index is 570. The van der Waals surface area contributed by atoms with Gasteiger partial charge in [0.15, 0.2) is 12.6 Å². The van der Waals surface area contributed by atoms with Gasteiger partial charge in [0.05, 0.1) is 6.54 Å². The Balaban J connectivity index is 2.70. The van der Waals surface area contributed by atoms with Crippen LogP contribution in [-0.4, -0.2) is 50.1 Å². The number of aliphatic imine (C=N–C) groups is 1. The molecule has 0 radical (unpaired) electrons. The molecule has 0 fully saturated rings. The van der Waals surface area contributed by atoms with Crippen LogP contribution >= 0.6 is 0 Å². The van der Waals surface area contributed by atoms with Gasteiger partial charge in [0.25, 0.3) is 5.91 Å². The topological polar surface area (TPSA) is 66.0 Å². The van der Waals surface area contributed by atoms with Crippen LogP contribution in [0.2, 0.25) is 0 Å². The monoisotopic (exact) mass is 348 g/mol. The van der Waals surface area contributed by atoms with Gasteiger partial charge in [-0.25, -0.2) is 4.99 Å². The number of nitrogens with zero attached hydrogens (tertiary/aromatic N) is 2. The summed E-state index contributed by atoms with van der Waals surface area (Å²) >= 11 is 0. The molecular weight excluding hydrogens is 316 g/mol. The Labute approximate surface area is 151 Å². The van der Waals surface area contributed by atoms with Gasteiger partial charge < -0.3 is 20.3 Å². The van der Waals surface area contributed by atoms with E-state index in [2.05, 4.69) is 36.4 Å². The predicted octanol–water partition coefficient (Wildman–Crippen LogP) is 2.25.